The number of hydrogen-bond acceptors (Lipinski definition) is 6. The largest absolute Gasteiger partial charge is 0.339 e. The van der Waals surface area contributed by atoms with Crippen molar-refractivity contribution in [3.8, 4) is 11.4 Å². The van der Waals surface area contributed by atoms with Crippen LogP contribution in [0.3, 0.4) is 0 Å². The van der Waals surface area contributed by atoms with Gasteiger partial charge in [0.25, 0.3) is 0 Å². The summed E-state index contributed by atoms with van der Waals surface area (Å²) >= 11 is 0. The van der Waals surface area contributed by atoms with Crippen LogP contribution in [0.1, 0.15) is 24.3 Å². The minimum Gasteiger partial charge on any atom is -0.339 e. The lowest BCUT2D eigenvalue weighted by Gasteiger charge is -2.31. The number of nitrogens with zero attached hydrogens (tertiary/aromatic N) is 3. The summed E-state index contributed by atoms with van der Waals surface area (Å²) in [4.78, 5) is 17.1. The highest BCUT2D eigenvalue weighted by molar-refractivity contribution is 7.89. The molecule has 1 aliphatic heterocycles. The Kier molecular flexibility index (Phi) is 5.88. The first-order chi connectivity index (χ1) is 14.8. The first-order valence-corrected chi connectivity index (χ1v) is 11.6. The molecule has 0 unspecified atom stereocenters. The van der Waals surface area contributed by atoms with Crippen LogP contribution in [0.15, 0.2) is 57.9 Å². The van der Waals surface area contributed by atoms with Gasteiger partial charge in [-0.2, -0.15) is 9.29 Å². The third kappa shape index (κ3) is 4.52. The number of aryl methyl sites for hydroxylation is 2. The highest BCUT2D eigenvalue weighted by Gasteiger charge is 2.34. The number of carbonyl (C=O) groups is 1. The number of sulfonamides is 1. The van der Waals surface area contributed by atoms with E-state index in [9.17, 15) is 13.2 Å². The van der Waals surface area contributed by atoms with Gasteiger partial charge in [0, 0.05) is 31.3 Å². The molecule has 4 rings (SSSR count). The predicted molar refractivity (Wildman–Crippen MR) is 116 cm³/mol. The summed E-state index contributed by atoms with van der Waals surface area (Å²) in [6, 6.07) is 14.2. The summed E-state index contributed by atoms with van der Waals surface area (Å²) in [7, 11) is -3.79. The number of nitrogens with one attached hydrogen (secondary N) is 1. The van der Waals surface area contributed by atoms with E-state index in [1.54, 1.807) is 32.0 Å². The van der Waals surface area contributed by atoms with E-state index in [0.29, 0.717) is 47.9 Å². The molecule has 8 nitrogen and oxygen atoms in total. The quantitative estimate of drug-likeness (QED) is 0.652. The maximum atomic E-state index is 13.5. The molecular weight excluding hydrogens is 416 g/mol. The maximum Gasteiger partial charge on any atom is 0.243 e. The second kappa shape index (κ2) is 8.60. The van der Waals surface area contributed by atoms with Gasteiger partial charge in [0.15, 0.2) is 0 Å². The Balaban J connectivity index is 1.56. The average molecular weight is 441 g/mol. The van der Waals surface area contributed by atoms with Crippen LogP contribution in [-0.4, -0.2) is 41.9 Å². The average Bonchev–Trinajstić information content (AvgIpc) is 3.21. The minimum atomic E-state index is -3.79. The molecular formula is C22H24N4O4S. The highest BCUT2D eigenvalue weighted by Crippen LogP contribution is 2.29. The number of benzene rings is 2. The molecule has 1 fully saturated rings. The van der Waals surface area contributed by atoms with E-state index >= 15 is 0 Å². The summed E-state index contributed by atoms with van der Waals surface area (Å²) in [6.07, 6.45) is 1.26. The van der Waals surface area contributed by atoms with Crippen molar-refractivity contribution >= 4 is 21.6 Å². The molecule has 2 heterocycles. The summed E-state index contributed by atoms with van der Waals surface area (Å²) in [5, 5.41) is 6.76. The predicted octanol–water partition coefficient (Wildman–Crippen LogP) is 3.39. The fourth-order valence-electron chi connectivity index (χ4n) is 3.71. The molecule has 1 aliphatic rings. The molecule has 1 N–H and O–H groups in total. The first kappa shape index (κ1) is 21.2. The summed E-state index contributed by atoms with van der Waals surface area (Å²) in [6.45, 7) is 3.95. The van der Waals surface area contributed by atoms with Crippen LogP contribution in [0.4, 0.5) is 5.69 Å². The number of para-hydroxylation sites is 1. The lowest BCUT2D eigenvalue weighted by Crippen LogP contribution is -2.43. The molecule has 1 aromatic heterocycles. The number of hydrogen-bond donors (Lipinski definition) is 1. The van der Waals surface area contributed by atoms with E-state index in [-0.39, 0.29) is 17.3 Å². The minimum absolute atomic E-state index is 0.145. The van der Waals surface area contributed by atoms with Gasteiger partial charge in [-0.1, -0.05) is 35.5 Å². The van der Waals surface area contributed by atoms with Crippen LogP contribution in [0.25, 0.3) is 11.4 Å². The van der Waals surface area contributed by atoms with E-state index in [1.807, 2.05) is 30.3 Å². The van der Waals surface area contributed by atoms with E-state index in [0.717, 1.165) is 0 Å². The zero-order chi connectivity index (χ0) is 22.0. The van der Waals surface area contributed by atoms with Gasteiger partial charge < -0.3 is 9.84 Å². The Morgan fingerprint density at radius 1 is 1.16 bits per heavy atom. The topological polar surface area (TPSA) is 105 Å². The van der Waals surface area contributed by atoms with Gasteiger partial charge in [0.05, 0.1) is 10.8 Å². The Morgan fingerprint density at radius 3 is 2.65 bits per heavy atom. The van der Waals surface area contributed by atoms with Gasteiger partial charge in [0.2, 0.25) is 27.6 Å². The number of rotatable bonds is 5. The van der Waals surface area contributed by atoms with Crippen LogP contribution < -0.4 is 5.32 Å². The Morgan fingerprint density at radius 2 is 1.94 bits per heavy atom. The van der Waals surface area contributed by atoms with E-state index in [1.165, 1.54) is 4.31 Å². The molecule has 162 valence electrons. The molecule has 0 saturated carbocycles. The Labute approximate surface area is 181 Å². The SMILES string of the molecule is Cc1nc(-c2ccc(C)c(S(=O)(=O)N3CCC[C@H](C(=O)Nc4ccccc4)C3)c2)no1. The van der Waals surface area contributed by atoms with Crippen molar-refractivity contribution in [1.29, 1.82) is 0 Å². The molecule has 1 amide bonds. The Bertz CT molecular complexity index is 1190. The van der Waals surface area contributed by atoms with Crippen molar-refractivity contribution in [2.24, 2.45) is 5.92 Å². The molecule has 0 spiro atoms. The molecule has 1 saturated heterocycles. The summed E-state index contributed by atoms with van der Waals surface area (Å²) < 4.78 is 33.3. The number of amides is 1. The lowest BCUT2D eigenvalue weighted by molar-refractivity contribution is -0.120. The van der Waals surface area contributed by atoms with Gasteiger partial charge in [-0.3, -0.25) is 4.79 Å². The molecule has 0 bridgehead atoms. The summed E-state index contributed by atoms with van der Waals surface area (Å²) in [5.74, 6) is 0.168. The fourth-order valence-corrected chi connectivity index (χ4v) is 5.49. The van der Waals surface area contributed by atoms with Gasteiger partial charge in [0.1, 0.15) is 0 Å². The normalized spacial score (nSPS) is 17.4. The number of carbonyl (C=O) groups excluding carboxylic acids is 1. The van der Waals surface area contributed by atoms with Crippen LogP contribution in [-0.2, 0) is 14.8 Å². The highest BCUT2D eigenvalue weighted by atomic mass is 32.2. The number of anilines is 1. The standard InChI is InChI=1S/C22H24N4O4S/c1-15-10-11-17(21-23-16(2)30-25-21)13-20(15)31(28,29)26-12-6-7-18(14-26)22(27)24-19-8-4-3-5-9-19/h3-5,8-11,13,18H,6-7,12,14H2,1-2H3,(H,24,27)/t18-/m0/s1. The monoisotopic (exact) mass is 440 g/mol. The van der Waals surface area contributed by atoms with Crippen molar-refractivity contribution in [2.45, 2.75) is 31.6 Å². The van der Waals surface area contributed by atoms with Crippen LogP contribution >= 0.6 is 0 Å². The molecule has 31 heavy (non-hydrogen) atoms. The molecule has 0 radical (unpaired) electrons. The van der Waals surface area contributed by atoms with E-state index in [2.05, 4.69) is 15.5 Å². The fraction of sp³-hybridized carbons (Fsp3) is 0.318. The number of piperidine rings is 1. The van der Waals surface area contributed by atoms with Gasteiger partial charge in [-0.05, 0) is 43.5 Å². The van der Waals surface area contributed by atoms with Gasteiger partial charge in [-0.25, -0.2) is 8.42 Å². The van der Waals surface area contributed by atoms with Gasteiger partial charge >= 0.3 is 0 Å². The van der Waals surface area contributed by atoms with Crippen molar-refractivity contribution in [3.05, 3.63) is 60.0 Å². The molecule has 0 aliphatic carbocycles. The molecule has 9 heteroatoms. The van der Waals surface area contributed by atoms with Crippen molar-refractivity contribution in [2.75, 3.05) is 18.4 Å². The van der Waals surface area contributed by atoms with Crippen LogP contribution in [0.5, 0.6) is 0 Å². The smallest absolute Gasteiger partial charge is 0.243 e. The van der Waals surface area contributed by atoms with E-state index < -0.39 is 15.9 Å². The molecule has 3 aromatic rings. The van der Waals surface area contributed by atoms with Crippen LogP contribution in [0.2, 0.25) is 0 Å². The third-order valence-corrected chi connectivity index (χ3v) is 7.40. The van der Waals surface area contributed by atoms with Crippen LogP contribution in [0, 0.1) is 19.8 Å². The maximum absolute atomic E-state index is 13.5. The Hall–Kier alpha value is -3.04. The lowest BCUT2D eigenvalue weighted by atomic mass is 9.99. The third-order valence-electron chi connectivity index (χ3n) is 5.39. The molecule has 1 atom stereocenters. The first-order valence-electron chi connectivity index (χ1n) is 10.1. The second-order valence-electron chi connectivity index (χ2n) is 7.67. The summed E-state index contributed by atoms with van der Waals surface area (Å²) in [5.41, 5.74) is 1.89. The van der Waals surface area contributed by atoms with Crippen molar-refractivity contribution in [1.82, 2.24) is 14.4 Å². The zero-order valence-electron chi connectivity index (χ0n) is 17.4. The van der Waals surface area contributed by atoms with Crippen molar-refractivity contribution < 1.29 is 17.7 Å². The second-order valence-corrected chi connectivity index (χ2v) is 9.58. The van der Waals surface area contributed by atoms with Gasteiger partial charge in [-0.15, -0.1) is 0 Å². The number of aromatic nitrogens is 2. The van der Waals surface area contributed by atoms with E-state index in [4.69, 9.17) is 4.52 Å². The van der Waals surface area contributed by atoms with Crippen molar-refractivity contribution in [3.63, 3.8) is 0 Å². The molecule has 2 aromatic carbocycles. The zero-order valence-corrected chi connectivity index (χ0v) is 18.2.